The Labute approximate surface area is 180 Å². The van der Waals surface area contributed by atoms with Crippen molar-refractivity contribution in [2.45, 2.75) is 6.42 Å². The number of benzene rings is 3. The Morgan fingerprint density at radius 1 is 0.774 bits per heavy atom. The lowest BCUT2D eigenvalue weighted by Crippen LogP contribution is -2.23. The summed E-state index contributed by atoms with van der Waals surface area (Å²) in [6.45, 7) is 1.19. The standard InChI is InChI=1S/C24H23N3O4/c28-23(26-18-11-12-21-22(15-18)31-14-6-13-30-21)16-25-20-10-5-4-9-19(20)24(29)27-17-7-2-1-3-8-17/h1-5,7-12,15,25H,6,13-14,16H2,(H,26,28)(H,27,29). The van der Waals surface area contributed by atoms with Gasteiger partial charge < -0.3 is 25.4 Å². The minimum atomic E-state index is -0.252. The SMILES string of the molecule is O=C(CNc1ccccc1C(=O)Nc1ccccc1)Nc1ccc2c(c1)OCCCO2. The molecule has 3 N–H and O–H groups in total. The Morgan fingerprint density at radius 2 is 1.52 bits per heavy atom. The molecule has 0 saturated heterocycles. The fourth-order valence-electron chi connectivity index (χ4n) is 3.18. The Bertz CT molecular complexity index is 1070. The molecule has 7 heteroatoms. The van der Waals surface area contributed by atoms with Crippen molar-refractivity contribution in [1.29, 1.82) is 0 Å². The summed E-state index contributed by atoms with van der Waals surface area (Å²) in [5, 5.41) is 8.73. The van der Waals surface area contributed by atoms with Gasteiger partial charge in [0.25, 0.3) is 5.91 Å². The molecular weight excluding hydrogens is 394 g/mol. The van der Waals surface area contributed by atoms with Crippen LogP contribution in [0.4, 0.5) is 17.1 Å². The third-order valence-electron chi connectivity index (χ3n) is 4.67. The van der Waals surface area contributed by atoms with Crippen molar-refractivity contribution in [1.82, 2.24) is 0 Å². The van der Waals surface area contributed by atoms with Gasteiger partial charge in [-0.2, -0.15) is 0 Å². The van der Waals surface area contributed by atoms with Crippen LogP contribution in [0.5, 0.6) is 11.5 Å². The molecular formula is C24H23N3O4. The van der Waals surface area contributed by atoms with Crippen LogP contribution in [0.1, 0.15) is 16.8 Å². The Morgan fingerprint density at radius 3 is 2.35 bits per heavy atom. The molecule has 3 aromatic carbocycles. The number of para-hydroxylation sites is 2. The fraction of sp³-hybridized carbons (Fsp3) is 0.167. The summed E-state index contributed by atoms with van der Waals surface area (Å²) >= 11 is 0. The molecule has 1 aliphatic heterocycles. The fourth-order valence-corrected chi connectivity index (χ4v) is 3.18. The van der Waals surface area contributed by atoms with Gasteiger partial charge in [0, 0.05) is 29.5 Å². The van der Waals surface area contributed by atoms with Gasteiger partial charge in [-0.3, -0.25) is 9.59 Å². The average molecular weight is 417 g/mol. The molecule has 31 heavy (non-hydrogen) atoms. The van der Waals surface area contributed by atoms with Crippen LogP contribution in [-0.2, 0) is 4.79 Å². The van der Waals surface area contributed by atoms with Gasteiger partial charge in [-0.05, 0) is 36.4 Å². The summed E-state index contributed by atoms with van der Waals surface area (Å²) in [6, 6.07) is 21.6. The van der Waals surface area contributed by atoms with E-state index in [9.17, 15) is 9.59 Å². The molecule has 0 bridgehead atoms. The molecule has 0 spiro atoms. The summed E-state index contributed by atoms with van der Waals surface area (Å²) in [7, 11) is 0. The van der Waals surface area contributed by atoms with Crippen molar-refractivity contribution in [2.24, 2.45) is 0 Å². The van der Waals surface area contributed by atoms with Gasteiger partial charge in [-0.25, -0.2) is 0 Å². The minimum Gasteiger partial charge on any atom is -0.490 e. The van der Waals surface area contributed by atoms with E-state index in [-0.39, 0.29) is 18.4 Å². The highest BCUT2D eigenvalue weighted by Gasteiger charge is 2.14. The van der Waals surface area contributed by atoms with Crippen LogP contribution in [-0.4, -0.2) is 31.6 Å². The topological polar surface area (TPSA) is 88.7 Å². The number of anilines is 3. The van der Waals surface area contributed by atoms with E-state index in [1.54, 1.807) is 36.4 Å². The number of hydrogen-bond donors (Lipinski definition) is 3. The maximum atomic E-state index is 12.7. The number of fused-ring (bicyclic) bond motifs is 1. The second-order valence-corrected chi connectivity index (χ2v) is 6.98. The monoisotopic (exact) mass is 417 g/mol. The second kappa shape index (κ2) is 9.67. The van der Waals surface area contributed by atoms with Crippen LogP contribution >= 0.6 is 0 Å². The number of nitrogens with one attached hydrogen (secondary N) is 3. The average Bonchev–Trinajstić information content (AvgIpc) is 3.03. The lowest BCUT2D eigenvalue weighted by molar-refractivity contribution is -0.114. The van der Waals surface area contributed by atoms with Gasteiger partial charge >= 0.3 is 0 Å². The molecule has 3 aromatic rings. The second-order valence-electron chi connectivity index (χ2n) is 6.98. The Hall–Kier alpha value is -4.00. The first-order chi connectivity index (χ1) is 15.2. The van der Waals surface area contributed by atoms with E-state index in [0.29, 0.717) is 47.3 Å². The van der Waals surface area contributed by atoms with Crippen molar-refractivity contribution in [3.63, 3.8) is 0 Å². The summed E-state index contributed by atoms with van der Waals surface area (Å²) < 4.78 is 11.3. The zero-order chi connectivity index (χ0) is 21.5. The Balaban J connectivity index is 1.38. The third kappa shape index (κ3) is 5.33. The highest BCUT2D eigenvalue weighted by atomic mass is 16.5. The first kappa shape index (κ1) is 20.3. The number of ether oxygens (including phenoxy) is 2. The summed E-state index contributed by atoms with van der Waals surface area (Å²) in [6.07, 6.45) is 0.817. The quantitative estimate of drug-likeness (QED) is 0.561. The summed E-state index contributed by atoms with van der Waals surface area (Å²) in [4.78, 5) is 25.1. The molecule has 0 radical (unpaired) electrons. The van der Waals surface area contributed by atoms with E-state index < -0.39 is 0 Å². The normalized spacial score (nSPS) is 12.4. The minimum absolute atomic E-state index is 0.00404. The van der Waals surface area contributed by atoms with Crippen LogP contribution < -0.4 is 25.4 Å². The van der Waals surface area contributed by atoms with E-state index >= 15 is 0 Å². The van der Waals surface area contributed by atoms with Crippen LogP contribution in [0, 0.1) is 0 Å². The molecule has 0 aliphatic carbocycles. The third-order valence-corrected chi connectivity index (χ3v) is 4.67. The van der Waals surface area contributed by atoms with E-state index in [0.717, 1.165) is 6.42 Å². The van der Waals surface area contributed by atoms with Gasteiger partial charge in [0.1, 0.15) is 0 Å². The van der Waals surface area contributed by atoms with Gasteiger partial charge in [0.15, 0.2) is 11.5 Å². The molecule has 1 aliphatic rings. The van der Waals surface area contributed by atoms with Gasteiger partial charge in [-0.1, -0.05) is 30.3 Å². The molecule has 0 unspecified atom stereocenters. The molecule has 0 saturated carbocycles. The molecule has 1 heterocycles. The van der Waals surface area contributed by atoms with Crippen molar-refractivity contribution in [3.8, 4) is 11.5 Å². The number of carbonyl (C=O) groups is 2. The molecule has 2 amide bonds. The largest absolute Gasteiger partial charge is 0.490 e. The van der Waals surface area contributed by atoms with Crippen molar-refractivity contribution in [2.75, 3.05) is 35.7 Å². The molecule has 0 atom stereocenters. The number of rotatable bonds is 6. The van der Waals surface area contributed by atoms with Gasteiger partial charge in [-0.15, -0.1) is 0 Å². The molecule has 7 nitrogen and oxygen atoms in total. The van der Waals surface area contributed by atoms with Crippen LogP contribution in [0.25, 0.3) is 0 Å². The zero-order valence-electron chi connectivity index (χ0n) is 16.9. The highest BCUT2D eigenvalue weighted by Crippen LogP contribution is 2.32. The maximum absolute atomic E-state index is 12.7. The van der Waals surface area contributed by atoms with Crippen molar-refractivity contribution < 1.29 is 19.1 Å². The molecule has 4 rings (SSSR count). The van der Waals surface area contributed by atoms with E-state index in [4.69, 9.17) is 9.47 Å². The van der Waals surface area contributed by atoms with Crippen molar-refractivity contribution >= 4 is 28.9 Å². The van der Waals surface area contributed by atoms with Crippen molar-refractivity contribution in [3.05, 3.63) is 78.4 Å². The number of amides is 2. The van der Waals surface area contributed by atoms with Gasteiger partial charge in [0.2, 0.25) is 5.91 Å². The molecule has 158 valence electrons. The van der Waals surface area contributed by atoms with Crippen LogP contribution in [0.2, 0.25) is 0 Å². The van der Waals surface area contributed by atoms with E-state index in [1.807, 2.05) is 36.4 Å². The number of hydrogen-bond acceptors (Lipinski definition) is 5. The lowest BCUT2D eigenvalue weighted by Gasteiger charge is -2.13. The lowest BCUT2D eigenvalue weighted by atomic mass is 10.1. The number of carbonyl (C=O) groups excluding carboxylic acids is 2. The first-order valence-corrected chi connectivity index (χ1v) is 10.1. The zero-order valence-corrected chi connectivity index (χ0v) is 16.9. The first-order valence-electron chi connectivity index (χ1n) is 10.1. The van der Waals surface area contributed by atoms with E-state index in [2.05, 4.69) is 16.0 Å². The smallest absolute Gasteiger partial charge is 0.257 e. The molecule has 0 fully saturated rings. The van der Waals surface area contributed by atoms with Crippen LogP contribution in [0.15, 0.2) is 72.8 Å². The Kier molecular flexibility index (Phi) is 6.32. The maximum Gasteiger partial charge on any atom is 0.257 e. The van der Waals surface area contributed by atoms with Crippen LogP contribution in [0.3, 0.4) is 0 Å². The predicted octanol–water partition coefficient (Wildman–Crippen LogP) is 4.15. The summed E-state index contributed by atoms with van der Waals surface area (Å²) in [5.41, 5.74) is 2.35. The molecule has 0 aromatic heterocycles. The van der Waals surface area contributed by atoms with E-state index in [1.165, 1.54) is 0 Å². The predicted molar refractivity (Wildman–Crippen MR) is 120 cm³/mol. The highest BCUT2D eigenvalue weighted by molar-refractivity contribution is 6.08. The summed E-state index contributed by atoms with van der Waals surface area (Å²) in [5.74, 6) is 0.795. The van der Waals surface area contributed by atoms with Gasteiger partial charge in [0.05, 0.1) is 25.3 Å².